The largest absolute Gasteiger partial charge is 0.574 e. The van der Waals surface area contributed by atoms with Crippen LogP contribution in [-0.4, -0.2) is 11.3 Å². The van der Waals surface area contributed by atoms with E-state index in [0.717, 1.165) is 0 Å². The van der Waals surface area contributed by atoms with E-state index in [9.17, 15) is 13.2 Å². The van der Waals surface area contributed by atoms with Crippen LogP contribution in [0.2, 0.25) is 0 Å². The smallest absolute Gasteiger partial charge is 0.387 e. The molecule has 0 radical (unpaired) electrons. The van der Waals surface area contributed by atoms with Crippen LogP contribution >= 0.6 is 34.2 Å². The Morgan fingerprint density at radius 3 is 2.65 bits per heavy atom. The van der Waals surface area contributed by atoms with Gasteiger partial charge in [-0.25, -0.2) is 4.98 Å². The summed E-state index contributed by atoms with van der Waals surface area (Å²) in [5.41, 5.74) is 0.648. The lowest BCUT2D eigenvalue weighted by molar-refractivity contribution is -0.276. The highest BCUT2D eigenvalue weighted by molar-refractivity contribution is 14.1. The number of rotatable bonds is 3. The topological polar surface area (TPSA) is 45.9 Å². The molecule has 1 aromatic heterocycles. The van der Waals surface area contributed by atoms with E-state index in [-0.39, 0.29) is 21.6 Å². The van der Waals surface area contributed by atoms with Crippen LogP contribution in [0, 0.1) is 14.9 Å². The molecule has 0 aliphatic rings. The maximum atomic E-state index is 12.1. The van der Waals surface area contributed by atoms with Crippen molar-refractivity contribution in [3.05, 3.63) is 20.9 Å². The van der Waals surface area contributed by atoms with E-state index < -0.39 is 12.2 Å². The van der Waals surface area contributed by atoms with E-state index in [0.29, 0.717) is 5.56 Å². The first-order valence-electron chi connectivity index (χ1n) is 4.24. The highest BCUT2D eigenvalue weighted by Gasteiger charge is 2.33. The van der Waals surface area contributed by atoms with Gasteiger partial charge in [0.1, 0.15) is 0 Å². The predicted octanol–water partition coefficient (Wildman–Crippen LogP) is 3.39. The summed E-state index contributed by atoms with van der Waals surface area (Å²) in [6.07, 6.45) is -4.92. The minimum Gasteiger partial charge on any atom is -0.387 e. The summed E-state index contributed by atoms with van der Waals surface area (Å²) in [7, 11) is 0. The molecule has 0 amide bonds. The van der Waals surface area contributed by atoms with Crippen LogP contribution in [0.1, 0.15) is 11.3 Å². The second-order valence-electron chi connectivity index (χ2n) is 2.91. The first-order valence-corrected chi connectivity index (χ1v) is 5.85. The molecule has 0 aliphatic carbocycles. The summed E-state index contributed by atoms with van der Waals surface area (Å²) in [4.78, 5) is 3.63. The molecule has 0 fully saturated rings. The van der Waals surface area contributed by atoms with Gasteiger partial charge in [0.25, 0.3) is 0 Å². The lowest BCUT2D eigenvalue weighted by Crippen LogP contribution is -2.19. The lowest BCUT2D eigenvalue weighted by atomic mass is 10.2. The molecular weight excluding hydrogens is 371 g/mol. The number of alkyl halides is 4. The lowest BCUT2D eigenvalue weighted by Gasteiger charge is -2.12. The molecule has 1 rings (SSSR count). The van der Waals surface area contributed by atoms with Gasteiger partial charge in [0.05, 0.1) is 21.8 Å². The van der Waals surface area contributed by atoms with Gasteiger partial charge in [-0.2, -0.15) is 5.26 Å². The van der Waals surface area contributed by atoms with Gasteiger partial charge >= 0.3 is 6.36 Å². The van der Waals surface area contributed by atoms with E-state index in [1.54, 1.807) is 28.7 Å². The van der Waals surface area contributed by atoms with Crippen molar-refractivity contribution in [3.63, 3.8) is 0 Å². The predicted molar refractivity (Wildman–Crippen MR) is 62.5 cm³/mol. The highest BCUT2D eigenvalue weighted by atomic mass is 127. The van der Waals surface area contributed by atoms with E-state index in [1.165, 1.54) is 6.07 Å². The molecule has 17 heavy (non-hydrogen) atoms. The van der Waals surface area contributed by atoms with Crippen LogP contribution in [-0.2, 0) is 12.3 Å². The Balaban J connectivity index is 3.19. The first-order chi connectivity index (χ1) is 7.87. The second-order valence-corrected chi connectivity index (χ2v) is 4.25. The minimum absolute atomic E-state index is 0.0213. The number of ether oxygens (including phenoxy) is 1. The summed E-state index contributed by atoms with van der Waals surface area (Å²) < 4.78 is 40.3. The van der Waals surface area contributed by atoms with Crippen molar-refractivity contribution >= 4 is 34.2 Å². The molecule has 0 atom stereocenters. The summed E-state index contributed by atoms with van der Waals surface area (Å²) >= 11 is 7.27. The zero-order chi connectivity index (χ0) is 13.1. The fraction of sp³-hybridized carbons (Fsp3) is 0.333. The minimum atomic E-state index is -4.82. The number of hydrogen-bond acceptors (Lipinski definition) is 3. The fourth-order valence-corrected chi connectivity index (χ4v) is 2.07. The normalized spacial score (nSPS) is 11.1. The molecule has 0 N–H and O–H groups in total. The average Bonchev–Trinajstić information content (AvgIpc) is 2.21. The van der Waals surface area contributed by atoms with Crippen molar-refractivity contribution in [2.45, 2.75) is 18.7 Å². The van der Waals surface area contributed by atoms with Crippen LogP contribution in [0.25, 0.3) is 0 Å². The molecule has 0 aromatic carbocycles. The summed E-state index contributed by atoms with van der Waals surface area (Å²) in [6, 6.07) is 3.29. The Morgan fingerprint density at radius 1 is 1.53 bits per heavy atom. The van der Waals surface area contributed by atoms with Crippen molar-refractivity contribution in [3.8, 4) is 11.9 Å². The SMILES string of the molecule is N#CCc1cc(CCl)c(I)c(OC(F)(F)F)n1. The van der Waals surface area contributed by atoms with Gasteiger partial charge in [-0.05, 0) is 34.2 Å². The molecule has 0 saturated heterocycles. The van der Waals surface area contributed by atoms with Gasteiger partial charge in [0.2, 0.25) is 5.88 Å². The summed E-state index contributed by atoms with van der Waals surface area (Å²) in [5.74, 6) is -0.547. The molecule has 8 heteroatoms. The molecule has 0 bridgehead atoms. The molecule has 92 valence electrons. The van der Waals surface area contributed by atoms with Gasteiger partial charge in [-0.15, -0.1) is 24.8 Å². The van der Waals surface area contributed by atoms with Gasteiger partial charge in [-0.1, -0.05) is 0 Å². The Hall–Kier alpha value is -0.750. The van der Waals surface area contributed by atoms with E-state index in [4.69, 9.17) is 16.9 Å². The third kappa shape index (κ3) is 4.20. The standard InChI is InChI=1S/C9H5ClF3IN2O/c10-4-5-3-6(1-2-15)16-8(7(5)14)17-9(11,12)13/h3H,1,4H2. The van der Waals surface area contributed by atoms with Crippen LogP contribution in [0.5, 0.6) is 5.88 Å². The number of nitriles is 1. The van der Waals surface area contributed by atoms with Crippen molar-refractivity contribution in [2.75, 3.05) is 0 Å². The van der Waals surface area contributed by atoms with Gasteiger partial charge < -0.3 is 4.74 Å². The zero-order valence-electron chi connectivity index (χ0n) is 8.18. The Kier molecular flexibility index (Phi) is 4.82. The molecule has 0 aliphatic heterocycles. The van der Waals surface area contributed by atoms with Crippen molar-refractivity contribution in [1.82, 2.24) is 4.98 Å². The third-order valence-corrected chi connectivity index (χ3v) is 3.11. The maximum Gasteiger partial charge on any atom is 0.574 e. The first kappa shape index (κ1) is 14.3. The Bertz CT molecular complexity index is 459. The number of pyridine rings is 1. The molecule has 0 spiro atoms. The number of nitrogens with zero attached hydrogens (tertiary/aromatic N) is 2. The molecule has 0 saturated carbocycles. The molecule has 3 nitrogen and oxygen atoms in total. The zero-order valence-corrected chi connectivity index (χ0v) is 11.1. The van der Waals surface area contributed by atoms with Crippen LogP contribution in [0.15, 0.2) is 6.07 Å². The maximum absolute atomic E-state index is 12.1. The van der Waals surface area contributed by atoms with Crippen molar-refractivity contribution < 1.29 is 17.9 Å². The molecule has 1 heterocycles. The second kappa shape index (κ2) is 5.73. The van der Waals surface area contributed by atoms with Crippen LogP contribution in [0.3, 0.4) is 0 Å². The molecule has 0 unspecified atom stereocenters. The Labute approximate surface area is 114 Å². The monoisotopic (exact) mass is 376 g/mol. The quantitative estimate of drug-likeness (QED) is 0.600. The number of halogens is 5. The number of aromatic nitrogens is 1. The fourth-order valence-electron chi connectivity index (χ4n) is 1.06. The third-order valence-electron chi connectivity index (χ3n) is 1.67. The van der Waals surface area contributed by atoms with Gasteiger partial charge in [0.15, 0.2) is 0 Å². The van der Waals surface area contributed by atoms with Crippen LogP contribution in [0.4, 0.5) is 13.2 Å². The summed E-state index contributed by atoms with van der Waals surface area (Å²) in [5, 5.41) is 8.49. The number of hydrogen-bond donors (Lipinski definition) is 0. The van der Waals surface area contributed by atoms with Crippen molar-refractivity contribution in [2.24, 2.45) is 0 Å². The molecule has 1 aromatic rings. The Morgan fingerprint density at radius 2 is 2.18 bits per heavy atom. The molecular formula is C9H5ClF3IN2O. The summed E-state index contributed by atoms with van der Waals surface area (Å²) in [6.45, 7) is 0. The van der Waals surface area contributed by atoms with Gasteiger partial charge in [-0.3, -0.25) is 0 Å². The van der Waals surface area contributed by atoms with Gasteiger partial charge in [0, 0.05) is 5.88 Å². The van der Waals surface area contributed by atoms with E-state index in [2.05, 4.69) is 9.72 Å². The van der Waals surface area contributed by atoms with E-state index >= 15 is 0 Å². The van der Waals surface area contributed by atoms with Crippen molar-refractivity contribution in [1.29, 1.82) is 5.26 Å². The highest BCUT2D eigenvalue weighted by Crippen LogP contribution is 2.29. The van der Waals surface area contributed by atoms with Crippen LogP contribution < -0.4 is 4.74 Å². The van der Waals surface area contributed by atoms with E-state index in [1.807, 2.05) is 0 Å². The average molecular weight is 377 g/mol.